The second kappa shape index (κ2) is 10.6. The van der Waals surface area contributed by atoms with Crippen LogP contribution in [0, 0.1) is 18.7 Å². The molecular weight excluding hydrogens is 419 g/mol. The van der Waals surface area contributed by atoms with E-state index < -0.39 is 11.4 Å². The number of aromatic hydroxyl groups is 2. The zero-order valence-electron chi connectivity index (χ0n) is 19.2. The number of terminal acetylenes is 1. The van der Waals surface area contributed by atoms with E-state index in [-0.39, 0.29) is 34.9 Å². The molecule has 1 amide bonds. The minimum Gasteiger partial charge on any atom is -0.507 e. The van der Waals surface area contributed by atoms with Crippen LogP contribution in [-0.4, -0.2) is 26.0 Å². The van der Waals surface area contributed by atoms with Gasteiger partial charge in [0.2, 0.25) is 0 Å². The van der Waals surface area contributed by atoms with Crippen LogP contribution in [0.1, 0.15) is 55.1 Å². The van der Waals surface area contributed by atoms with Crippen LogP contribution in [0.5, 0.6) is 11.5 Å². The lowest BCUT2D eigenvalue weighted by Gasteiger charge is -2.38. The first kappa shape index (κ1) is 25.4. The molecule has 0 fully saturated rings. The molecule has 0 bridgehead atoms. The Kier molecular flexibility index (Phi) is 8.20. The molecule has 1 atom stereocenters. The van der Waals surface area contributed by atoms with Crippen LogP contribution in [0.4, 0.5) is 4.39 Å². The van der Waals surface area contributed by atoms with Crippen LogP contribution in [-0.2, 0) is 12.1 Å². The lowest BCUT2D eigenvalue weighted by molar-refractivity contribution is 0.0503. The summed E-state index contributed by atoms with van der Waals surface area (Å²) in [7, 11) is 0. The molecule has 2 heterocycles. The molecule has 0 aliphatic carbocycles. The van der Waals surface area contributed by atoms with E-state index in [2.05, 4.69) is 24.4 Å². The molecule has 1 aliphatic heterocycles. The fourth-order valence-electron chi connectivity index (χ4n) is 4.36. The SMILES string of the molecule is C#C.C=CCC1(CC)c2c(c(O)c3ncccc3c2O)C(=O)N1Cc1ccc(F)cc1.CC. The van der Waals surface area contributed by atoms with E-state index >= 15 is 0 Å². The molecule has 0 saturated carbocycles. The summed E-state index contributed by atoms with van der Waals surface area (Å²) >= 11 is 0. The number of nitrogens with zero attached hydrogens (tertiary/aromatic N) is 2. The number of fused-ring (bicyclic) bond motifs is 2. The molecule has 2 aromatic carbocycles. The molecule has 3 aromatic rings. The number of halogens is 1. The highest BCUT2D eigenvalue weighted by atomic mass is 19.1. The van der Waals surface area contributed by atoms with Crippen molar-refractivity contribution in [2.24, 2.45) is 0 Å². The quantitative estimate of drug-likeness (QED) is 0.290. The van der Waals surface area contributed by atoms with Crippen LogP contribution >= 0.6 is 0 Å². The molecular formula is C27H29FN2O3. The molecule has 0 radical (unpaired) electrons. The number of carbonyl (C=O) groups is 1. The average Bonchev–Trinajstić information content (AvgIpc) is 3.10. The minimum absolute atomic E-state index is 0.0560. The summed E-state index contributed by atoms with van der Waals surface area (Å²) in [4.78, 5) is 19.2. The van der Waals surface area contributed by atoms with Gasteiger partial charge in [-0.05, 0) is 42.7 Å². The topological polar surface area (TPSA) is 73.7 Å². The Morgan fingerprint density at radius 3 is 2.36 bits per heavy atom. The molecule has 1 aliphatic rings. The highest BCUT2D eigenvalue weighted by Gasteiger charge is 2.51. The van der Waals surface area contributed by atoms with Crippen LogP contribution in [0.15, 0.2) is 55.3 Å². The number of pyridine rings is 1. The number of aromatic nitrogens is 1. The first-order valence-electron chi connectivity index (χ1n) is 10.8. The van der Waals surface area contributed by atoms with Crippen molar-refractivity contribution in [1.29, 1.82) is 0 Å². The fraction of sp³-hybridized carbons (Fsp3) is 0.259. The molecule has 172 valence electrons. The summed E-state index contributed by atoms with van der Waals surface area (Å²) in [5.41, 5.74) is 0.513. The van der Waals surface area contributed by atoms with Crippen molar-refractivity contribution in [3.05, 3.63) is 77.8 Å². The third-order valence-corrected chi connectivity index (χ3v) is 5.77. The van der Waals surface area contributed by atoms with E-state index in [1.807, 2.05) is 20.8 Å². The predicted octanol–water partition coefficient (Wildman–Crippen LogP) is 5.90. The monoisotopic (exact) mass is 448 g/mol. The average molecular weight is 449 g/mol. The zero-order chi connectivity index (χ0) is 24.8. The number of phenols is 2. The van der Waals surface area contributed by atoms with Gasteiger partial charge in [-0.25, -0.2) is 4.39 Å². The van der Waals surface area contributed by atoms with Gasteiger partial charge in [0.25, 0.3) is 5.91 Å². The van der Waals surface area contributed by atoms with Crippen molar-refractivity contribution >= 4 is 16.8 Å². The van der Waals surface area contributed by atoms with E-state index in [0.29, 0.717) is 23.8 Å². The molecule has 2 N–H and O–H groups in total. The van der Waals surface area contributed by atoms with Crippen LogP contribution < -0.4 is 0 Å². The second-order valence-electron chi connectivity index (χ2n) is 7.24. The smallest absolute Gasteiger partial charge is 0.259 e. The maximum Gasteiger partial charge on any atom is 0.259 e. The van der Waals surface area contributed by atoms with Gasteiger partial charge in [0.1, 0.15) is 17.1 Å². The Balaban J connectivity index is 0.000000914. The third kappa shape index (κ3) is 4.14. The van der Waals surface area contributed by atoms with Crippen LogP contribution in [0.25, 0.3) is 10.9 Å². The Labute approximate surface area is 194 Å². The van der Waals surface area contributed by atoms with E-state index in [9.17, 15) is 19.4 Å². The summed E-state index contributed by atoms with van der Waals surface area (Å²) in [6.07, 6.45) is 12.1. The van der Waals surface area contributed by atoms with Crippen molar-refractivity contribution in [2.75, 3.05) is 0 Å². The Morgan fingerprint density at radius 2 is 1.79 bits per heavy atom. The zero-order valence-corrected chi connectivity index (χ0v) is 19.2. The van der Waals surface area contributed by atoms with Gasteiger partial charge in [-0.2, -0.15) is 0 Å². The highest BCUT2D eigenvalue weighted by molar-refractivity contribution is 6.09. The molecule has 33 heavy (non-hydrogen) atoms. The van der Waals surface area contributed by atoms with Gasteiger partial charge < -0.3 is 15.1 Å². The van der Waals surface area contributed by atoms with E-state index in [1.54, 1.807) is 35.2 Å². The first-order chi connectivity index (χ1) is 15.9. The summed E-state index contributed by atoms with van der Waals surface area (Å²) in [5.74, 6) is -1.04. The second-order valence-corrected chi connectivity index (χ2v) is 7.24. The van der Waals surface area contributed by atoms with Gasteiger partial charge in [-0.3, -0.25) is 9.78 Å². The van der Waals surface area contributed by atoms with Gasteiger partial charge in [0.05, 0.1) is 11.1 Å². The van der Waals surface area contributed by atoms with Crippen LogP contribution in [0.3, 0.4) is 0 Å². The lowest BCUT2D eigenvalue weighted by Crippen LogP contribution is -2.42. The largest absolute Gasteiger partial charge is 0.507 e. The summed E-state index contributed by atoms with van der Waals surface area (Å²) in [6.45, 7) is 9.97. The van der Waals surface area contributed by atoms with Gasteiger partial charge in [-0.1, -0.05) is 39.0 Å². The van der Waals surface area contributed by atoms with Crippen molar-refractivity contribution in [3.8, 4) is 24.3 Å². The van der Waals surface area contributed by atoms with Gasteiger partial charge in [-0.15, -0.1) is 19.4 Å². The molecule has 1 aromatic heterocycles. The number of hydrogen-bond donors (Lipinski definition) is 2. The molecule has 5 nitrogen and oxygen atoms in total. The fourth-order valence-corrected chi connectivity index (χ4v) is 4.36. The standard InChI is InChI=1S/C23H21FN2O3.C2H6.C2H2/c1-3-11-23(4-2)18-17(21(28)19-16(20(18)27)6-5-12-25-19)22(29)26(23)13-14-7-9-15(24)10-8-14;2*1-2/h3,5-10,12,27-28H,1,4,11,13H2,2H3;1-2H3;1-2H. The molecule has 1 unspecified atom stereocenters. The number of carbonyl (C=O) groups excluding carboxylic acids is 1. The number of phenolic OH excluding ortho intramolecular Hbond substituents is 2. The normalized spacial score (nSPS) is 16.3. The van der Waals surface area contributed by atoms with Crippen LogP contribution in [0.2, 0.25) is 0 Å². The Bertz CT molecular complexity index is 1170. The predicted molar refractivity (Wildman–Crippen MR) is 129 cm³/mol. The number of rotatable bonds is 5. The summed E-state index contributed by atoms with van der Waals surface area (Å²) in [5, 5.41) is 22.4. The lowest BCUT2D eigenvalue weighted by atomic mass is 9.82. The number of hydrogen-bond acceptors (Lipinski definition) is 4. The van der Waals surface area contributed by atoms with E-state index in [4.69, 9.17) is 0 Å². The highest BCUT2D eigenvalue weighted by Crippen LogP contribution is 2.54. The molecule has 0 saturated heterocycles. The Hall–Kier alpha value is -3.85. The molecule has 0 spiro atoms. The van der Waals surface area contributed by atoms with Crippen molar-refractivity contribution in [1.82, 2.24) is 9.88 Å². The van der Waals surface area contributed by atoms with Crippen molar-refractivity contribution in [2.45, 2.75) is 45.7 Å². The number of amides is 1. The van der Waals surface area contributed by atoms with Gasteiger partial charge >= 0.3 is 0 Å². The Morgan fingerprint density at radius 1 is 1.15 bits per heavy atom. The van der Waals surface area contributed by atoms with Crippen molar-refractivity contribution in [3.63, 3.8) is 0 Å². The van der Waals surface area contributed by atoms with E-state index in [1.165, 1.54) is 18.3 Å². The maximum atomic E-state index is 13.5. The van der Waals surface area contributed by atoms with Crippen molar-refractivity contribution < 1.29 is 19.4 Å². The van der Waals surface area contributed by atoms with E-state index in [0.717, 1.165) is 5.56 Å². The van der Waals surface area contributed by atoms with Gasteiger partial charge in [0.15, 0.2) is 5.75 Å². The maximum absolute atomic E-state index is 13.5. The summed E-state index contributed by atoms with van der Waals surface area (Å²) < 4.78 is 13.3. The molecule has 4 rings (SSSR count). The minimum atomic E-state index is -0.881. The summed E-state index contributed by atoms with van der Waals surface area (Å²) in [6, 6.07) is 9.27. The van der Waals surface area contributed by atoms with Gasteiger partial charge in [0, 0.05) is 23.7 Å². The third-order valence-electron chi connectivity index (χ3n) is 5.77. The molecule has 6 heteroatoms. The number of benzene rings is 2. The first-order valence-corrected chi connectivity index (χ1v) is 10.8.